The van der Waals surface area contributed by atoms with Gasteiger partial charge in [-0.2, -0.15) is 13.2 Å². The summed E-state index contributed by atoms with van der Waals surface area (Å²) in [6.07, 6.45) is -9.24. The van der Waals surface area contributed by atoms with Gasteiger partial charge in [0.1, 0.15) is 31.2 Å². The van der Waals surface area contributed by atoms with Gasteiger partial charge in [0.05, 0.1) is 11.6 Å². The predicted octanol–water partition coefficient (Wildman–Crippen LogP) is 1.61. The summed E-state index contributed by atoms with van der Waals surface area (Å²) in [5, 5.41) is 2.05. The molecule has 0 bridgehead atoms. The van der Waals surface area contributed by atoms with Gasteiger partial charge in [-0.25, -0.2) is 4.79 Å². The lowest BCUT2D eigenvalue weighted by Gasteiger charge is -2.49. The highest BCUT2D eigenvalue weighted by molar-refractivity contribution is 5.94. The summed E-state index contributed by atoms with van der Waals surface area (Å²) in [6, 6.07) is 1.64. The summed E-state index contributed by atoms with van der Waals surface area (Å²) >= 11 is 0. The molecule has 1 aromatic rings. The van der Waals surface area contributed by atoms with Gasteiger partial charge in [-0.15, -0.1) is 0 Å². The van der Waals surface area contributed by atoms with Crippen LogP contribution in [0.3, 0.4) is 0 Å². The van der Waals surface area contributed by atoms with Gasteiger partial charge in [0.15, 0.2) is 17.3 Å². The number of alkyl halides is 3. The second-order valence-electron chi connectivity index (χ2n) is 8.79. The average molecular weight is 489 g/mol. The van der Waals surface area contributed by atoms with Crippen LogP contribution in [0, 0.1) is 0 Å². The molecule has 0 radical (unpaired) electrons. The molecule has 1 saturated heterocycles. The van der Waals surface area contributed by atoms with Crippen LogP contribution in [0.1, 0.15) is 35.7 Å². The molecule has 6 atom stereocenters. The number of hydrogen-bond acceptors (Lipinski definition) is 9. The first kappa shape index (κ1) is 23.1. The highest BCUT2D eigenvalue weighted by Gasteiger charge is 2.63. The zero-order chi connectivity index (χ0) is 24.4. The molecule has 13 heteroatoms. The summed E-state index contributed by atoms with van der Waals surface area (Å²) in [5.41, 5.74) is 0.398. The minimum absolute atomic E-state index is 0.0784. The second-order valence-corrected chi connectivity index (χ2v) is 8.79. The maximum absolute atomic E-state index is 13.3. The zero-order valence-corrected chi connectivity index (χ0v) is 18.3. The molecular weight excluding hydrogens is 467 g/mol. The van der Waals surface area contributed by atoms with Crippen LogP contribution in [0.5, 0.6) is 11.5 Å². The second kappa shape index (κ2) is 7.97. The van der Waals surface area contributed by atoms with Gasteiger partial charge in [0.2, 0.25) is 6.79 Å². The Morgan fingerprint density at radius 2 is 1.82 bits per heavy atom. The Morgan fingerprint density at radius 1 is 1.15 bits per heavy atom. The molecular formula is C21H22F3NO9. The first-order valence-corrected chi connectivity index (χ1v) is 10.5. The molecule has 1 aromatic carbocycles. The van der Waals surface area contributed by atoms with Crippen molar-refractivity contribution in [3.63, 3.8) is 0 Å². The number of ether oxygens (including phenoxy) is 7. The summed E-state index contributed by atoms with van der Waals surface area (Å²) in [5.74, 6) is -4.45. The molecule has 1 aliphatic carbocycles. The first-order valence-electron chi connectivity index (χ1n) is 10.5. The molecule has 3 aliphatic heterocycles. The van der Waals surface area contributed by atoms with E-state index in [1.165, 1.54) is 19.2 Å². The van der Waals surface area contributed by atoms with Gasteiger partial charge in [0, 0.05) is 13.0 Å². The third kappa shape index (κ3) is 3.76. The largest absolute Gasteiger partial charge is 0.471 e. The van der Waals surface area contributed by atoms with Crippen molar-refractivity contribution in [3.8, 4) is 11.5 Å². The van der Waals surface area contributed by atoms with Crippen LogP contribution in [0.2, 0.25) is 0 Å². The van der Waals surface area contributed by atoms with E-state index in [4.69, 9.17) is 33.2 Å². The van der Waals surface area contributed by atoms with Gasteiger partial charge in [0.25, 0.3) is 0 Å². The fraction of sp³-hybridized carbons (Fsp3) is 0.619. The van der Waals surface area contributed by atoms with Crippen molar-refractivity contribution in [3.05, 3.63) is 23.3 Å². The van der Waals surface area contributed by atoms with Crippen molar-refractivity contribution >= 4 is 11.9 Å². The topological polar surface area (TPSA) is 111 Å². The van der Waals surface area contributed by atoms with E-state index in [2.05, 4.69) is 0 Å². The highest BCUT2D eigenvalue weighted by atomic mass is 19.4. The summed E-state index contributed by atoms with van der Waals surface area (Å²) < 4.78 is 78.9. The standard InChI is InChI=1S/C21H22F3NO9/c1-20(2)33-15-13(25-19(27)21(22,23)24)12-8-4-10-11(30-7-29-10)5-9(8)18(26)32-14(12)16(17(15)34-20)31-6-28-3/h4-5,12-17H,6-7H2,1-3H3,(H,25,27)/t12-,13-,14-,15+,16+,17+/m1/s1. The third-order valence-corrected chi connectivity index (χ3v) is 6.21. The van der Waals surface area contributed by atoms with E-state index >= 15 is 0 Å². The number of halogens is 3. The van der Waals surface area contributed by atoms with Crippen LogP contribution < -0.4 is 14.8 Å². The lowest BCUT2D eigenvalue weighted by Crippen LogP contribution is -2.67. The molecule has 0 aromatic heterocycles. The number of hydrogen-bond donors (Lipinski definition) is 1. The number of esters is 1. The van der Waals surface area contributed by atoms with E-state index in [1.54, 1.807) is 13.8 Å². The lowest BCUT2D eigenvalue weighted by atomic mass is 9.70. The molecule has 1 saturated carbocycles. The van der Waals surface area contributed by atoms with E-state index in [9.17, 15) is 22.8 Å². The molecule has 1 amide bonds. The van der Waals surface area contributed by atoms with Gasteiger partial charge in [-0.1, -0.05) is 0 Å². The number of rotatable bonds is 4. The van der Waals surface area contributed by atoms with E-state index < -0.39 is 60.2 Å². The molecule has 4 aliphatic rings. The van der Waals surface area contributed by atoms with Gasteiger partial charge >= 0.3 is 18.1 Å². The van der Waals surface area contributed by atoms with Crippen LogP contribution in [0.25, 0.3) is 0 Å². The summed E-state index contributed by atoms with van der Waals surface area (Å²) in [7, 11) is 1.39. The zero-order valence-electron chi connectivity index (χ0n) is 18.3. The molecule has 34 heavy (non-hydrogen) atoms. The Kier molecular flexibility index (Phi) is 5.43. The molecule has 1 N–H and O–H groups in total. The Bertz CT molecular complexity index is 1010. The smallest absolute Gasteiger partial charge is 0.455 e. The summed E-state index contributed by atoms with van der Waals surface area (Å²) in [4.78, 5) is 25.0. The number of fused-ring (bicyclic) bond motifs is 5. The van der Waals surface area contributed by atoms with Crippen molar-refractivity contribution in [2.45, 2.75) is 62.2 Å². The number of methoxy groups -OCH3 is 1. The van der Waals surface area contributed by atoms with Crippen LogP contribution in [0.15, 0.2) is 12.1 Å². The van der Waals surface area contributed by atoms with Gasteiger partial charge in [-0.05, 0) is 31.5 Å². The number of carbonyl (C=O) groups excluding carboxylic acids is 2. The van der Waals surface area contributed by atoms with Crippen molar-refractivity contribution in [2.24, 2.45) is 0 Å². The van der Waals surface area contributed by atoms with Crippen LogP contribution in [-0.2, 0) is 28.5 Å². The normalized spacial score (nSPS) is 32.9. The fourth-order valence-electron chi connectivity index (χ4n) is 5.00. The first-order chi connectivity index (χ1) is 16.0. The van der Waals surface area contributed by atoms with Crippen molar-refractivity contribution in [2.75, 3.05) is 20.7 Å². The van der Waals surface area contributed by atoms with Crippen LogP contribution in [-0.4, -0.2) is 75.0 Å². The summed E-state index contributed by atoms with van der Waals surface area (Å²) in [6.45, 7) is 2.89. The Balaban J connectivity index is 1.64. The Labute approximate surface area is 191 Å². The van der Waals surface area contributed by atoms with E-state index in [-0.39, 0.29) is 19.1 Å². The predicted molar refractivity (Wildman–Crippen MR) is 103 cm³/mol. The maximum atomic E-state index is 13.3. The molecule has 186 valence electrons. The Hall–Kier alpha value is -2.61. The number of benzene rings is 1. The van der Waals surface area contributed by atoms with Gasteiger partial charge in [-0.3, -0.25) is 4.79 Å². The molecule has 0 unspecified atom stereocenters. The fourth-order valence-corrected chi connectivity index (χ4v) is 5.00. The van der Waals surface area contributed by atoms with Crippen molar-refractivity contribution < 1.29 is 55.9 Å². The quantitative estimate of drug-likeness (QED) is 0.498. The van der Waals surface area contributed by atoms with Crippen LogP contribution >= 0.6 is 0 Å². The minimum Gasteiger partial charge on any atom is -0.455 e. The van der Waals surface area contributed by atoms with Crippen molar-refractivity contribution in [1.29, 1.82) is 0 Å². The monoisotopic (exact) mass is 489 g/mol. The molecule has 5 rings (SSSR count). The molecule has 10 nitrogen and oxygen atoms in total. The van der Waals surface area contributed by atoms with E-state index in [0.29, 0.717) is 17.1 Å². The molecule has 2 fully saturated rings. The van der Waals surface area contributed by atoms with Gasteiger partial charge < -0.3 is 38.5 Å². The number of nitrogens with one attached hydrogen (secondary N) is 1. The highest BCUT2D eigenvalue weighted by Crippen LogP contribution is 2.50. The lowest BCUT2D eigenvalue weighted by molar-refractivity contribution is -0.196. The van der Waals surface area contributed by atoms with E-state index in [1.807, 2.05) is 5.32 Å². The maximum Gasteiger partial charge on any atom is 0.471 e. The van der Waals surface area contributed by atoms with Crippen LogP contribution in [0.4, 0.5) is 13.2 Å². The number of carbonyl (C=O) groups is 2. The van der Waals surface area contributed by atoms with Crippen molar-refractivity contribution in [1.82, 2.24) is 5.32 Å². The SMILES string of the molecule is COCO[C@@H]1[C@H]2OC(C)(C)O[C@H]2[C@H](NC(=O)C(F)(F)F)[C@H]2c3cc4c(cc3C(=O)O[C@@H]12)OCO4. The van der Waals surface area contributed by atoms with E-state index in [0.717, 1.165) is 0 Å². The average Bonchev–Trinajstić information content (AvgIpc) is 3.34. The molecule has 3 heterocycles. The minimum atomic E-state index is -5.15. The molecule has 0 spiro atoms. The Morgan fingerprint density at radius 3 is 2.50 bits per heavy atom. The third-order valence-electron chi connectivity index (χ3n) is 6.21. The number of amides is 1.